The minimum Gasteiger partial charge on any atom is -0.311 e. The Morgan fingerprint density at radius 1 is 1.24 bits per heavy atom. The molecule has 1 nitrogen and oxygen atoms in total. The Morgan fingerprint density at radius 2 is 1.88 bits per heavy atom. The Hall–Kier alpha value is -0.340. The van der Waals surface area contributed by atoms with Crippen molar-refractivity contribution in [3.05, 3.63) is 34.3 Å². The van der Waals surface area contributed by atoms with Gasteiger partial charge in [0.2, 0.25) is 0 Å². The molecule has 0 radical (unpaired) electrons. The van der Waals surface area contributed by atoms with E-state index < -0.39 is 0 Å². The highest BCUT2D eigenvalue weighted by molar-refractivity contribution is 9.10. The lowest BCUT2D eigenvalue weighted by Crippen LogP contribution is -2.38. The predicted octanol–water partition coefficient (Wildman–Crippen LogP) is 4.72. The minimum absolute atomic E-state index is 0.188. The third kappa shape index (κ3) is 5.22. The highest BCUT2D eigenvalue weighted by Crippen LogP contribution is 2.28. The van der Waals surface area contributed by atoms with Gasteiger partial charge in [-0.25, -0.2) is 0 Å². The molecule has 0 spiro atoms. The largest absolute Gasteiger partial charge is 0.311 e. The van der Waals surface area contributed by atoms with Crippen LogP contribution in [0.5, 0.6) is 0 Å². The highest BCUT2D eigenvalue weighted by atomic mass is 79.9. The molecule has 17 heavy (non-hydrogen) atoms. The number of hydrogen-bond donors (Lipinski definition) is 1. The van der Waals surface area contributed by atoms with Crippen molar-refractivity contribution in [2.75, 3.05) is 6.54 Å². The molecule has 0 aliphatic rings. The van der Waals surface area contributed by atoms with E-state index in [0.29, 0.717) is 5.92 Å². The summed E-state index contributed by atoms with van der Waals surface area (Å²) in [4.78, 5) is 0. The van der Waals surface area contributed by atoms with E-state index in [2.05, 4.69) is 73.2 Å². The Kier molecular flexibility index (Phi) is 5.68. The van der Waals surface area contributed by atoms with Crippen molar-refractivity contribution in [2.45, 2.75) is 52.0 Å². The highest BCUT2D eigenvalue weighted by Gasteiger charge is 2.16. The second-order valence-corrected chi connectivity index (χ2v) is 6.49. The summed E-state index contributed by atoms with van der Waals surface area (Å²) in [5.74, 6) is 0.592. The third-order valence-electron chi connectivity index (χ3n) is 2.86. The smallest absolute Gasteiger partial charge is 0.0210 e. The van der Waals surface area contributed by atoms with E-state index in [9.17, 15) is 0 Å². The monoisotopic (exact) mass is 297 g/mol. The van der Waals surface area contributed by atoms with E-state index in [-0.39, 0.29) is 5.54 Å². The molecule has 0 aromatic heterocycles. The SMILES string of the molecule is CCCC(CNC(C)(C)C)c1ccccc1Br. The zero-order valence-corrected chi connectivity index (χ0v) is 13.0. The van der Waals surface area contributed by atoms with Crippen LogP contribution < -0.4 is 5.32 Å². The number of hydrogen-bond acceptors (Lipinski definition) is 1. The Labute approximate surface area is 114 Å². The molecule has 0 aliphatic carbocycles. The van der Waals surface area contributed by atoms with Gasteiger partial charge in [-0.2, -0.15) is 0 Å². The molecule has 1 aromatic carbocycles. The first kappa shape index (κ1) is 14.7. The van der Waals surface area contributed by atoms with Gasteiger partial charge in [-0.05, 0) is 44.7 Å². The number of nitrogens with one attached hydrogen (secondary N) is 1. The second-order valence-electron chi connectivity index (χ2n) is 5.64. The number of rotatable bonds is 5. The molecule has 0 saturated heterocycles. The van der Waals surface area contributed by atoms with E-state index in [1.807, 2.05) is 0 Å². The maximum absolute atomic E-state index is 3.66. The van der Waals surface area contributed by atoms with Gasteiger partial charge in [0, 0.05) is 16.6 Å². The van der Waals surface area contributed by atoms with Gasteiger partial charge in [-0.3, -0.25) is 0 Å². The van der Waals surface area contributed by atoms with Gasteiger partial charge in [0.25, 0.3) is 0 Å². The van der Waals surface area contributed by atoms with E-state index in [4.69, 9.17) is 0 Å². The summed E-state index contributed by atoms with van der Waals surface area (Å²) in [7, 11) is 0. The molecule has 1 rings (SSSR count). The maximum Gasteiger partial charge on any atom is 0.0210 e. The normalized spacial score (nSPS) is 13.7. The first-order valence-corrected chi connectivity index (χ1v) is 7.23. The van der Waals surface area contributed by atoms with Crippen LogP contribution in [0.15, 0.2) is 28.7 Å². The quantitative estimate of drug-likeness (QED) is 0.829. The second kappa shape index (κ2) is 6.55. The molecule has 0 amide bonds. The van der Waals surface area contributed by atoms with Crippen LogP contribution >= 0.6 is 15.9 Å². The van der Waals surface area contributed by atoms with Crippen molar-refractivity contribution in [1.82, 2.24) is 5.32 Å². The van der Waals surface area contributed by atoms with Crippen molar-refractivity contribution >= 4 is 15.9 Å². The van der Waals surface area contributed by atoms with Crippen molar-refractivity contribution < 1.29 is 0 Å². The van der Waals surface area contributed by atoms with Crippen LogP contribution in [-0.2, 0) is 0 Å². The predicted molar refractivity (Wildman–Crippen MR) is 79.5 cm³/mol. The summed E-state index contributed by atoms with van der Waals surface area (Å²) in [6.07, 6.45) is 2.45. The van der Waals surface area contributed by atoms with Gasteiger partial charge >= 0.3 is 0 Å². The Bertz CT molecular complexity index is 341. The molecular formula is C15H24BrN. The Morgan fingerprint density at radius 3 is 2.41 bits per heavy atom. The van der Waals surface area contributed by atoms with E-state index in [1.165, 1.54) is 22.9 Å². The van der Waals surface area contributed by atoms with Gasteiger partial charge in [0.15, 0.2) is 0 Å². The van der Waals surface area contributed by atoms with Crippen molar-refractivity contribution in [1.29, 1.82) is 0 Å². The maximum atomic E-state index is 3.66. The molecule has 2 heteroatoms. The molecule has 96 valence electrons. The lowest BCUT2D eigenvalue weighted by atomic mass is 9.93. The fourth-order valence-corrected chi connectivity index (χ4v) is 2.56. The van der Waals surface area contributed by atoms with Crippen molar-refractivity contribution in [3.8, 4) is 0 Å². The molecule has 1 aromatic rings. The summed E-state index contributed by atoms with van der Waals surface area (Å²) >= 11 is 3.66. The fourth-order valence-electron chi connectivity index (χ4n) is 1.95. The van der Waals surface area contributed by atoms with E-state index in [0.717, 1.165) is 6.54 Å². The van der Waals surface area contributed by atoms with Crippen LogP contribution in [0.25, 0.3) is 0 Å². The van der Waals surface area contributed by atoms with E-state index in [1.54, 1.807) is 0 Å². The van der Waals surface area contributed by atoms with Gasteiger partial charge in [0.05, 0.1) is 0 Å². The molecule has 0 aliphatic heterocycles. The molecule has 1 atom stereocenters. The first-order valence-electron chi connectivity index (χ1n) is 6.43. The summed E-state index contributed by atoms with van der Waals surface area (Å²) in [5.41, 5.74) is 1.61. The minimum atomic E-state index is 0.188. The molecule has 0 bridgehead atoms. The molecule has 1 unspecified atom stereocenters. The lowest BCUT2D eigenvalue weighted by molar-refractivity contribution is 0.397. The first-order chi connectivity index (χ1) is 7.94. The summed E-state index contributed by atoms with van der Waals surface area (Å²) in [5, 5.41) is 3.61. The standard InChI is InChI=1S/C15H24BrN/c1-5-8-12(11-17-15(2,3)4)13-9-6-7-10-14(13)16/h6-7,9-10,12,17H,5,8,11H2,1-4H3. The fraction of sp³-hybridized carbons (Fsp3) is 0.600. The Balaban J connectivity index is 2.75. The van der Waals surface area contributed by atoms with Gasteiger partial charge in [-0.1, -0.05) is 47.5 Å². The third-order valence-corrected chi connectivity index (χ3v) is 3.58. The van der Waals surface area contributed by atoms with Crippen LogP contribution in [0.1, 0.15) is 52.0 Å². The lowest BCUT2D eigenvalue weighted by Gasteiger charge is -2.26. The molecular weight excluding hydrogens is 274 g/mol. The van der Waals surface area contributed by atoms with Gasteiger partial charge < -0.3 is 5.32 Å². The number of benzene rings is 1. The zero-order chi connectivity index (χ0) is 12.9. The average Bonchev–Trinajstić information content (AvgIpc) is 2.24. The van der Waals surface area contributed by atoms with Gasteiger partial charge in [0.1, 0.15) is 0 Å². The van der Waals surface area contributed by atoms with E-state index >= 15 is 0 Å². The average molecular weight is 298 g/mol. The summed E-state index contributed by atoms with van der Waals surface area (Å²) in [6.45, 7) is 9.95. The molecule has 1 N–H and O–H groups in total. The van der Waals surface area contributed by atoms with Crippen LogP contribution in [0, 0.1) is 0 Å². The van der Waals surface area contributed by atoms with Crippen molar-refractivity contribution in [2.24, 2.45) is 0 Å². The van der Waals surface area contributed by atoms with Crippen LogP contribution in [0.4, 0.5) is 0 Å². The molecule has 0 fully saturated rings. The molecule has 0 saturated carbocycles. The van der Waals surface area contributed by atoms with Gasteiger partial charge in [-0.15, -0.1) is 0 Å². The summed E-state index contributed by atoms with van der Waals surface area (Å²) < 4.78 is 1.23. The van der Waals surface area contributed by atoms with Crippen LogP contribution in [0.3, 0.4) is 0 Å². The molecule has 0 heterocycles. The number of halogens is 1. The summed E-state index contributed by atoms with van der Waals surface area (Å²) in [6, 6.07) is 8.57. The van der Waals surface area contributed by atoms with Crippen LogP contribution in [-0.4, -0.2) is 12.1 Å². The zero-order valence-electron chi connectivity index (χ0n) is 11.4. The topological polar surface area (TPSA) is 12.0 Å². The van der Waals surface area contributed by atoms with Crippen molar-refractivity contribution in [3.63, 3.8) is 0 Å². The van der Waals surface area contributed by atoms with Crippen LogP contribution in [0.2, 0.25) is 0 Å².